The van der Waals surface area contributed by atoms with Crippen LogP contribution in [0.1, 0.15) is 60.5 Å². The van der Waals surface area contributed by atoms with E-state index in [1.165, 1.54) is 11.1 Å². The molecule has 1 unspecified atom stereocenters. The van der Waals surface area contributed by atoms with Crippen molar-refractivity contribution in [2.24, 2.45) is 17.3 Å². The summed E-state index contributed by atoms with van der Waals surface area (Å²) in [6.45, 7) is 6.06. The van der Waals surface area contributed by atoms with Crippen molar-refractivity contribution in [3.63, 3.8) is 0 Å². The van der Waals surface area contributed by atoms with E-state index in [9.17, 15) is 9.90 Å². The lowest BCUT2D eigenvalue weighted by atomic mass is 9.70. The molecule has 13 nitrogen and oxygen atoms in total. The maximum atomic E-state index is 15.1. The van der Waals surface area contributed by atoms with Crippen LogP contribution < -0.4 is 19.3 Å². The molecule has 4 aliphatic rings. The molecular formula is C39H47ClN8O5S. The van der Waals surface area contributed by atoms with Crippen LogP contribution in [0.2, 0.25) is 5.02 Å². The molecule has 4 atom stereocenters. The highest BCUT2D eigenvalue weighted by atomic mass is 35.5. The predicted molar refractivity (Wildman–Crippen MR) is 211 cm³/mol. The van der Waals surface area contributed by atoms with Crippen LogP contribution >= 0.6 is 11.6 Å². The van der Waals surface area contributed by atoms with E-state index in [1.54, 1.807) is 24.0 Å². The minimum Gasteiger partial charge on any atom is -0.490 e. The Balaban J connectivity index is 1.19. The molecule has 286 valence electrons. The molecular weight excluding hydrogens is 728 g/mol. The Morgan fingerprint density at radius 3 is 2.78 bits per heavy atom. The zero-order valence-electron chi connectivity index (χ0n) is 30.7. The number of ether oxygens (including phenoxy) is 2. The number of carbonyl (C=O) groups is 1. The average Bonchev–Trinajstić information content (AvgIpc) is 3.46. The van der Waals surface area contributed by atoms with Gasteiger partial charge >= 0.3 is 0 Å². The number of fused-ring (bicyclic) bond motifs is 4. The molecule has 54 heavy (non-hydrogen) atoms. The molecule has 15 heteroatoms. The molecule has 8 rings (SSSR count). The Hall–Kier alpha value is -4.24. The first kappa shape index (κ1) is 36.7. The molecule has 2 aromatic heterocycles. The van der Waals surface area contributed by atoms with Gasteiger partial charge < -0.3 is 24.4 Å². The third-order valence-corrected chi connectivity index (χ3v) is 13.1. The van der Waals surface area contributed by atoms with Crippen LogP contribution in [-0.4, -0.2) is 92.8 Å². The number of allylic oxidation sites excluding steroid dienone is 1. The fraction of sp³-hybridized carbons (Fsp3) is 0.487. The number of anilines is 3. The van der Waals surface area contributed by atoms with Crippen LogP contribution in [-0.2, 0) is 33.5 Å². The minimum atomic E-state index is -3.46. The Bertz CT molecular complexity index is 2210. The number of hydrogen-bond donors (Lipinski definition) is 2. The highest BCUT2D eigenvalue weighted by molar-refractivity contribution is 7.95. The number of aliphatic hydroxyl groups is 1. The van der Waals surface area contributed by atoms with Gasteiger partial charge in [-0.1, -0.05) is 36.7 Å². The standard InChI is InChI=1S/C39H47ClN8O5S/c1-26-6-3-8-30(49)9-5-15-48-24-39(14-4-7-27-20-29(40)11-12-32(27)39)25-53-34-13-10-28(21-33(34)48)37(50)45-54(51,23-26)44-36-31-22-46(2)43-35(31)41-38(42-36)47-16-18-52-19-17-47/h3,8,10-13,20-22,26,30,49H,4-7,9,14-19,23-25H2,1-2H3,(H,41,42,43,44,45,50,51)/b8-3+/t26-,30-,39-,54?/m0/s1. The van der Waals surface area contributed by atoms with E-state index in [4.69, 9.17) is 31.0 Å². The number of aliphatic hydroxyl groups excluding tert-OH is 1. The molecule has 5 heterocycles. The largest absolute Gasteiger partial charge is 0.490 e. The molecule has 4 aromatic rings. The quantitative estimate of drug-likeness (QED) is 0.249. The second-order valence-electron chi connectivity index (χ2n) is 15.1. The van der Waals surface area contributed by atoms with Gasteiger partial charge in [0.2, 0.25) is 5.95 Å². The van der Waals surface area contributed by atoms with Gasteiger partial charge in [0.25, 0.3) is 5.91 Å². The monoisotopic (exact) mass is 774 g/mol. The maximum absolute atomic E-state index is 15.1. The van der Waals surface area contributed by atoms with E-state index in [-0.39, 0.29) is 17.1 Å². The van der Waals surface area contributed by atoms with E-state index in [0.717, 1.165) is 36.4 Å². The zero-order chi connectivity index (χ0) is 37.5. The average molecular weight is 775 g/mol. The van der Waals surface area contributed by atoms with Crippen LogP contribution in [0.4, 0.5) is 17.5 Å². The number of aryl methyl sites for hydroxylation is 2. The number of amides is 1. The summed E-state index contributed by atoms with van der Waals surface area (Å²) in [5.74, 6) is 0.722. The Morgan fingerprint density at radius 1 is 1.07 bits per heavy atom. The molecule has 0 saturated carbocycles. The number of rotatable bonds is 3. The lowest BCUT2D eigenvalue weighted by Crippen LogP contribution is -2.46. The molecule has 1 spiro atoms. The molecule has 2 N–H and O–H groups in total. The predicted octanol–water partition coefficient (Wildman–Crippen LogP) is 5.70. The molecule has 0 radical (unpaired) electrons. The number of morpholine rings is 1. The lowest BCUT2D eigenvalue weighted by molar-refractivity contribution is 0.100. The maximum Gasteiger partial charge on any atom is 0.286 e. The third-order valence-electron chi connectivity index (χ3n) is 10.9. The first-order valence-electron chi connectivity index (χ1n) is 18.8. The number of hydrogen-bond acceptors (Lipinski definition) is 10. The Kier molecular flexibility index (Phi) is 10.3. The Labute approximate surface area is 321 Å². The fourth-order valence-corrected chi connectivity index (χ4v) is 10.4. The molecule has 1 aliphatic carbocycles. The topological polar surface area (TPSA) is 147 Å². The van der Waals surface area contributed by atoms with Crippen LogP contribution in [0.25, 0.3) is 11.0 Å². The number of halogens is 1. The number of nitrogens with one attached hydrogen (secondary N) is 1. The van der Waals surface area contributed by atoms with Gasteiger partial charge in [0.15, 0.2) is 11.5 Å². The smallest absolute Gasteiger partial charge is 0.286 e. The molecule has 1 amide bonds. The van der Waals surface area contributed by atoms with Gasteiger partial charge in [0, 0.05) is 55.4 Å². The number of benzene rings is 2. The van der Waals surface area contributed by atoms with E-state index in [0.29, 0.717) is 93.0 Å². The summed E-state index contributed by atoms with van der Waals surface area (Å²) in [5.41, 5.74) is 3.74. The normalized spacial score (nSPS) is 27.1. The van der Waals surface area contributed by atoms with Gasteiger partial charge in [-0.2, -0.15) is 15.1 Å². The van der Waals surface area contributed by atoms with E-state index in [2.05, 4.69) is 31.2 Å². The summed E-state index contributed by atoms with van der Waals surface area (Å²) < 4.78 is 36.5. The number of carbonyl (C=O) groups excluding carboxylic acids is 1. The van der Waals surface area contributed by atoms with Crippen molar-refractivity contribution < 1.29 is 23.6 Å². The van der Waals surface area contributed by atoms with E-state index >= 15 is 4.21 Å². The summed E-state index contributed by atoms with van der Waals surface area (Å²) >= 11 is 6.44. The molecule has 1 fully saturated rings. The van der Waals surface area contributed by atoms with E-state index < -0.39 is 21.9 Å². The van der Waals surface area contributed by atoms with Gasteiger partial charge in [-0.3, -0.25) is 14.2 Å². The minimum absolute atomic E-state index is 0.0595. The van der Waals surface area contributed by atoms with Crippen molar-refractivity contribution >= 4 is 55.9 Å². The highest BCUT2D eigenvalue weighted by Gasteiger charge is 2.42. The van der Waals surface area contributed by atoms with Gasteiger partial charge in [-0.05, 0) is 85.9 Å². The van der Waals surface area contributed by atoms with Gasteiger partial charge in [-0.15, -0.1) is 4.36 Å². The summed E-state index contributed by atoms with van der Waals surface area (Å²) in [7, 11) is -1.67. The van der Waals surface area contributed by atoms with E-state index in [1.807, 2.05) is 42.2 Å². The van der Waals surface area contributed by atoms with Crippen molar-refractivity contribution in [1.29, 1.82) is 0 Å². The second kappa shape index (κ2) is 15.1. The summed E-state index contributed by atoms with van der Waals surface area (Å²) in [4.78, 5) is 28.0. The Morgan fingerprint density at radius 2 is 1.93 bits per heavy atom. The van der Waals surface area contributed by atoms with Crippen molar-refractivity contribution in [1.82, 2.24) is 19.7 Å². The summed E-state index contributed by atoms with van der Waals surface area (Å²) in [6, 6.07) is 11.5. The summed E-state index contributed by atoms with van der Waals surface area (Å²) in [5, 5.41) is 16.8. The first-order chi connectivity index (χ1) is 26.1. The van der Waals surface area contributed by atoms with Crippen molar-refractivity contribution in [3.8, 4) is 5.75 Å². The van der Waals surface area contributed by atoms with Gasteiger partial charge in [0.05, 0.1) is 42.8 Å². The van der Waals surface area contributed by atoms with Gasteiger partial charge in [0.1, 0.15) is 15.7 Å². The second-order valence-corrected chi connectivity index (χ2v) is 17.6. The molecule has 1 saturated heterocycles. The lowest BCUT2D eigenvalue weighted by Gasteiger charge is -2.41. The third kappa shape index (κ3) is 7.66. The fourth-order valence-electron chi connectivity index (χ4n) is 8.22. The highest BCUT2D eigenvalue weighted by Crippen LogP contribution is 2.45. The first-order valence-corrected chi connectivity index (χ1v) is 20.9. The summed E-state index contributed by atoms with van der Waals surface area (Å²) in [6.07, 6.45) is 9.66. The van der Waals surface area contributed by atoms with Crippen LogP contribution in [0, 0.1) is 5.92 Å². The van der Waals surface area contributed by atoms with Crippen molar-refractivity contribution in [2.75, 3.05) is 66.3 Å². The molecule has 2 bridgehead atoms. The zero-order valence-corrected chi connectivity index (χ0v) is 32.3. The number of nitrogens with zero attached hydrogens (tertiary/aromatic N) is 7. The van der Waals surface area contributed by atoms with Gasteiger partial charge in [-0.25, -0.2) is 4.21 Å². The van der Waals surface area contributed by atoms with Crippen LogP contribution in [0.3, 0.4) is 0 Å². The number of aromatic nitrogens is 4. The molecule has 2 aromatic carbocycles. The van der Waals surface area contributed by atoms with Crippen molar-refractivity contribution in [3.05, 3.63) is 76.5 Å². The van der Waals surface area contributed by atoms with Crippen LogP contribution in [0.5, 0.6) is 5.75 Å². The SMILES string of the molecule is C[C@H]1C/C=C/[C@H](O)CCCN2C[C@@]3(CCCc4cc(Cl)ccc43)COc3ccc(cc32)C(=O)N=S(=O)(Nc2nc(N3CCOCC3)nc3nn(C)cc23)C1. The molecule has 3 aliphatic heterocycles. The van der Waals surface area contributed by atoms with Crippen LogP contribution in [0.15, 0.2) is 59.1 Å². The van der Waals surface area contributed by atoms with Crippen molar-refractivity contribution in [2.45, 2.75) is 57.0 Å².